The third kappa shape index (κ3) is 3.18. The van der Waals surface area contributed by atoms with Gasteiger partial charge in [0, 0.05) is 27.7 Å². The fourth-order valence-electron chi connectivity index (χ4n) is 1.45. The average Bonchev–Trinajstić information content (AvgIpc) is 2.41. The molecule has 0 saturated heterocycles. The Hall–Kier alpha value is -1.73. The maximum atomic E-state index is 10.9. The van der Waals surface area contributed by atoms with E-state index in [0.29, 0.717) is 10.7 Å². The molecular weight excluding hydrogens is 282 g/mol. The van der Waals surface area contributed by atoms with Crippen LogP contribution in [0.5, 0.6) is 0 Å². The molecule has 2 N–H and O–H groups in total. The standard InChI is InChI=1S/C12H11N3O2S2/c1-18-8-4-5-11(9(13)7-8)19-12-10(15(16)17)3-2-6-14-12/h2-7H,13H2,1H3. The van der Waals surface area contributed by atoms with Crippen molar-refractivity contribution in [2.24, 2.45) is 0 Å². The van der Waals surface area contributed by atoms with Gasteiger partial charge in [0.1, 0.15) is 0 Å². The normalized spacial score (nSPS) is 10.4. The lowest BCUT2D eigenvalue weighted by Crippen LogP contribution is -1.94. The van der Waals surface area contributed by atoms with Gasteiger partial charge in [0.2, 0.25) is 0 Å². The fourth-order valence-corrected chi connectivity index (χ4v) is 2.78. The number of hydrogen-bond acceptors (Lipinski definition) is 6. The topological polar surface area (TPSA) is 82.0 Å². The molecule has 0 atom stereocenters. The number of hydrogen-bond donors (Lipinski definition) is 1. The van der Waals surface area contributed by atoms with E-state index in [1.165, 1.54) is 24.0 Å². The molecule has 98 valence electrons. The Balaban J connectivity index is 2.34. The molecule has 7 heteroatoms. The summed E-state index contributed by atoms with van der Waals surface area (Å²) in [5.74, 6) is 0. The Labute approximate surface area is 118 Å². The summed E-state index contributed by atoms with van der Waals surface area (Å²) in [4.78, 5) is 16.3. The molecule has 2 aromatic rings. The second-order valence-corrected chi connectivity index (χ2v) is 5.50. The molecule has 0 saturated carbocycles. The number of thioether (sulfide) groups is 1. The molecule has 5 nitrogen and oxygen atoms in total. The van der Waals surface area contributed by atoms with Crippen molar-refractivity contribution >= 4 is 34.9 Å². The van der Waals surface area contributed by atoms with E-state index in [0.717, 1.165) is 9.79 Å². The predicted molar refractivity (Wildman–Crippen MR) is 77.6 cm³/mol. The molecule has 2 rings (SSSR count). The van der Waals surface area contributed by atoms with Gasteiger partial charge < -0.3 is 5.73 Å². The van der Waals surface area contributed by atoms with E-state index in [2.05, 4.69) is 4.98 Å². The van der Waals surface area contributed by atoms with Crippen molar-refractivity contribution in [3.05, 3.63) is 46.6 Å². The highest BCUT2D eigenvalue weighted by Crippen LogP contribution is 2.36. The maximum absolute atomic E-state index is 10.9. The molecule has 0 amide bonds. The van der Waals surface area contributed by atoms with Gasteiger partial charge in [0.15, 0.2) is 5.03 Å². The Bertz CT molecular complexity index is 620. The van der Waals surface area contributed by atoms with Crippen molar-refractivity contribution in [1.29, 1.82) is 0 Å². The molecular formula is C12H11N3O2S2. The number of anilines is 1. The van der Waals surface area contributed by atoms with E-state index < -0.39 is 4.92 Å². The molecule has 0 unspecified atom stereocenters. The van der Waals surface area contributed by atoms with Crippen LogP contribution in [-0.2, 0) is 0 Å². The number of pyridine rings is 1. The minimum Gasteiger partial charge on any atom is -0.398 e. The number of nitrogens with zero attached hydrogens (tertiary/aromatic N) is 2. The van der Waals surface area contributed by atoms with E-state index in [9.17, 15) is 10.1 Å². The van der Waals surface area contributed by atoms with Crippen LogP contribution in [0.2, 0.25) is 0 Å². The number of aromatic nitrogens is 1. The molecule has 0 radical (unpaired) electrons. The van der Waals surface area contributed by atoms with Gasteiger partial charge >= 0.3 is 5.69 Å². The summed E-state index contributed by atoms with van der Waals surface area (Å²) in [5.41, 5.74) is 6.52. The summed E-state index contributed by atoms with van der Waals surface area (Å²) in [6.45, 7) is 0. The summed E-state index contributed by atoms with van der Waals surface area (Å²) in [6, 6.07) is 8.61. The number of rotatable bonds is 4. The highest BCUT2D eigenvalue weighted by Gasteiger charge is 2.16. The lowest BCUT2D eigenvalue weighted by Gasteiger charge is -2.06. The van der Waals surface area contributed by atoms with E-state index >= 15 is 0 Å². The average molecular weight is 293 g/mol. The maximum Gasteiger partial charge on any atom is 0.301 e. The van der Waals surface area contributed by atoms with Crippen molar-refractivity contribution in [2.45, 2.75) is 14.8 Å². The zero-order valence-electron chi connectivity index (χ0n) is 10.1. The van der Waals surface area contributed by atoms with Gasteiger partial charge in [0.25, 0.3) is 0 Å². The summed E-state index contributed by atoms with van der Waals surface area (Å²) in [5, 5.41) is 11.3. The van der Waals surface area contributed by atoms with Gasteiger partial charge in [-0.2, -0.15) is 0 Å². The third-order valence-electron chi connectivity index (χ3n) is 2.37. The molecule has 1 heterocycles. The van der Waals surface area contributed by atoms with Crippen molar-refractivity contribution < 1.29 is 4.92 Å². The second-order valence-electron chi connectivity index (χ2n) is 3.59. The predicted octanol–water partition coefficient (Wildman–Crippen LogP) is 3.45. The largest absolute Gasteiger partial charge is 0.398 e. The van der Waals surface area contributed by atoms with Crippen LogP contribution in [0.4, 0.5) is 11.4 Å². The van der Waals surface area contributed by atoms with Crippen LogP contribution in [0.15, 0.2) is 51.3 Å². The van der Waals surface area contributed by atoms with Crippen LogP contribution in [-0.4, -0.2) is 16.2 Å². The van der Waals surface area contributed by atoms with Gasteiger partial charge in [-0.1, -0.05) is 11.8 Å². The van der Waals surface area contributed by atoms with Gasteiger partial charge in [0.05, 0.1) is 4.92 Å². The van der Waals surface area contributed by atoms with Crippen molar-refractivity contribution in [3.8, 4) is 0 Å². The summed E-state index contributed by atoms with van der Waals surface area (Å²) in [6.07, 6.45) is 3.49. The summed E-state index contributed by atoms with van der Waals surface area (Å²) < 4.78 is 0. The van der Waals surface area contributed by atoms with E-state index in [1.54, 1.807) is 17.8 Å². The first-order valence-electron chi connectivity index (χ1n) is 5.32. The summed E-state index contributed by atoms with van der Waals surface area (Å²) in [7, 11) is 0. The van der Waals surface area contributed by atoms with E-state index in [4.69, 9.17) is 5.73 Å². The Morgan fingerprint density at radius 3 is 2.79 bits per heavy atom. The minimum atomic E-state index is -0.443. The first kappa shape index (κ1) is 13.7. The molecule has 1 aromatic heterocycles. The number of nitrogens with two attached hydrogens (primary N) is 1. The smallest absolute Gasteiger partial charge is 0.301 e. The van der Waals surface area contributed by atoms with Crippen molar-refractivity contribution in [3.63, 3.8) is 0 Å². The van der Waals surface area contributed by atoms with Crippen molar-refractivity contribution in [1.82, 2.24) is 4.98 Å². The SMILES string of the molecule is CSc1ccc(Sc2ncccc2[N+](=O)[O-])c(N)c1. The lowest BCUT2D eigenvalue weighted by atomic mass is 10.3. The molecule has 0 spiro atoms. The van der Waals surface area contributed by atoms with Crippen molar-refractivity contribution in [2.75, 3.05) is 12.0 Å². The zero-order valence-corrected chi connectivity index (χ0v) is 11.7. The lowest BCUT2D eigenvalue weighted by molar-refractivity contribution is -0.388. The minimum absolute atomic E-state index is 0.0131. The molecule has 0 aliphatic heterocycles. The van der Waals surface area contributed by atoms with Crippen LogP contribution in [0.25, 0.3) is 0 Å². The highest BCUT2D eigenvalue weighted by atomic mass is 32.2. The van der Waals surface area contributed by atoms with Gasteiger partial charge in [-0.05, 0) is 30.5 Å². The molecule has 0 bridgehead atoms. The highest BCUT2D eigenvalue weighted by molar-refractivity contribution is 7.99. The number of benzene rings is 1. The van der Waals surface area contributed by atoms with Gasteiger partial charge in [-0.3, -0.25) is 10.1 Å². The second kappa shape index (κ2) is 5.94. The first-order valence-corrected chi connectivity index (χ1v) is 7.36. The molecule has 0 fully saturated rings. The Morgan fingerprint density at radius 1 is 1.37 bits per heavy atom. The Morgan fingerprint density at radius 2 is 2.16 bits per heavy atom. The third-order valence-corrected chi connectivity index (χ3v) is 4.20. The van der Waals surface area contributed by atoms with Crippen LogP contribution in [0, 0.1) is 10.1 Å². The fraction of sp³-hybridized carbons (Fsp3) is 0.0833. The van der Waals surface area contributed by atoms with Crippen LogP contribution < -0.4 is 5.73 Å². The molecule has 0 aliphatic carbocycles. The van der Waals surface area contributed by atoms with Gasteiger partial charge in [-0.25, -0.2) is 4.98 Å². The van der Waals surface area contributed by atoms with Gasteiger partial charge in [-0.15, -0.1) is 11.8 Å². The Kier molecular flexibility index (Phi) is 4.28. The quantitative estimate of drug-likeness (QED) is 0.402. The zero-order chi connectivity index (χ0) is 13.8. The number of nitrogen functional groups attached to an aromatic ring is 1. The summed E-state index contributed by atoms with van der Waals surface area (Å²) >= 11 is 2.79. The first-order chi connectivity index (χ1) is 9.11. The molecule has 1 aromatic carbocycles. The van der Waals surface area contributed by atoms with Crippen LogP contribution in [0.1, 0.15) is 0 Å². The van der Waals surface area contributed by atoms with E-state index in [-0.39, 0.29) is 5.69 Å². The monoisotopic (exact) mass is 293 g/mol. The molecule has 0 aliphatic rings. The number of nitro groups is 1. The van der Waals surface area contributed by atoms with Crippen LogP contribution in [0.3, 0.4) is 0 Å². The van der Waals surface area contributed by atoms with Crippen LogP contribution >= 0.6 is 23.5 Å². The molecule has 19 heavy (non-hydrogen) atoms. The van der Waals surface area contributed by atoms with E-state index in [1.807, 2.05) is 24.5 Å².